The lowest BCUT2D eigenvalue weighted by Crippen LogP contribution is -2.22. The van der Waals surface area contributed by atoms with E-state index >= 15 is 0 Å². The minimum absolute atomic E-state index is 0.234. The minimum atomic E-state index is 0.234. The molecule has 1 N–H and O–H groups in total. The summed E-state index contributed by atoms with van der Waals surface area (Å²) in [7, 11) is 1.98. The van der Waals surface area contributed by atoms with Crippen LogP contribution in [0.3, 0.4) is 0 Å². The number of benzene rings is 2. The van der Waals surface area contributed by atoms with Crippen LogP contribution in [0.2, 0.25) is 0 Å². The maximum absolute atomic E-state index is 5.83. The average Bonchev–Trinajstić information content (AvgIpc) is 2.48. The van der Waals surface area contributed by atoms with Crippen LogP contribution < -0.4 is 5.32 Å². The van der Waals surface area contributed by atoms with Crippen molar-refractivity contribution in [3.05, 3.63) is 70.8 Å². The van der Waals surface area contributed by atoms with Gasteiger partial charge < -0.3 is 10.1 Å². The zero-order valence-corrected chi connectivity index (χ0v) is 12.5. The van der Waals surface area contributed by atoms with Crippen molar-refractivity contribution < 1.29 is 4.74 Å². The molecule has 20 heavy (non-hydrogen) atoms. The van der Waals surface area contributed by atoms with Gasteiger partial charge in [0.2, 0.25) is 0 Å². The van der Waals surface area contributed by atoms with E-state index in [4.69, 9.17) is 4.74 Å². The molecule has 0 aliphatic rings. The molecule has 2 nitrogen and oxygen atoms in total. The van der Waals surface area contributed by atoms with Gasteiger partial charge in [0.05, 0.1) is 19.3 Å². The first-order valence-electron chi connectivity index (χ1n) is 7.07. The summed E-state index contributed by atoms with van der Waals surface area (Å²) in [5, 5.41) is 3.33. The van der Waals surface area contributed by atoms with E-state index < -0.39 is 0 Å². The van der Waals surface area contributed by atoms with Crippen molar-refractivity contribution in [2.75, 3.05) is 13.7 Å². The lowest BCUT2D eigenvalue weighted by molar-refractivity contribution is 0.101. The third kappa shape index (κ3) is 3.92. The van der Waals surface area contributed by atoms with E-state index in [1.807, 2.05) is 25.2 Å². The maximum Gasteiger partial charge on any atom is 0.0717 e. The molecule has 0 bridgehead atoms. The number of rotatable bonds is 6. The van der Waals surface area contributed by atoms with E-state index in [0.717, 1.165) is 0 Å². The monoisotopic (exact) mass is 269 g/mol. The summed E-state index contributed by atoms with van der Waals surface area (Å²) < 4.78 is 5.83. The molecule has 1 atom stereocenters. The Hall–Kier alpha value is -1.64. The molecule has 0 aliphatic heterocycles. The molecule has 0 saturated carbocycles. The van der Waals surface area contributed by atoms with Crippen molar-refractivity contribution in [1.29, 1.82) is 0 Å². The van der Waals surface area contributed by atoms with Crippen LogP contribution in [0.1, 0.15) is 28.3 Å². The van der Waals surface area contributed by atoms with E-state index in [0.29, 0.717) is 13.2 Å². The smallest absolute Gasteiger partial charge is 0.0717 e. The van der Waals surface area contributed by atoms with Crippen molar-refractivity contribution in [2.45, 2.75) is 26.5 Å². The van der Waals surface area contributed by atoms with Crippen LogP contribution in [-0.2, 0) is 11.3 Å². The standard InChI is InChI=1S/C18H23NO/c1-14-9-10-17(11-15(14)2)18(19-3)13-20-12-16-7-5-4-6-8-16/h4-11,18-19H,12-13H2,1-3H3. The Bertz CT molecular complexity index is 536. The van der Waals surface area contributed by atoms with Crippen molar-refractivity contribution in [1.82, 2.24) is 5.32 Å². The van der Waals surface area contributed by atoms with Crippen molar-refractivity contribution in [2.24, 2.45) is 0 Å². The van der Waals surface area contributed by atoms with Gasteiger partial charge in [0.15, 0.2) is 0 Å². The average molecular weight is 269 g/mol. The Morgan fingerprint density at radius 1 is 1.00 bits per heavy atom. The van der Waals surface area contributed by atoms with Gasteiger partial charge >= 0.3 is 0 Å². The number of nitrogens with one attached hydrogen (secondary N) is 1. The van der Waals surface area contributed by atoms with Gasteiger partial charge in [0.1, 0.15) is 0 Å². The lowest BCUT2D eigenvalue weighted by atomic mass is 10.0. The second-order valence-corrected chi connectivity index (χ2v) is 5.19. The molecule has 2 heteroatoms. The summed E-state index contributed by atoms with van der Waals surface area (Å²) in [5.41, 5.74) is 5.14. The summed E-state index contributed by atoms with van der Waals surface area (Å²) in [6.45, 7) is 5.62. The third-order valence-corrected chi connectivity index (χ3v) is 3.68. The first-order chi connectivity index (χ1) is 9.70. The highest BCUT2D eigenvalue weighted by molar-refractivity contribution is 5.31. The van der Waals surface area contributed by atoms with Crippen LogP contribution in [-0.4, -0.2) is 13.7 Å². The number of hydrogen-bond acceptors (Lipinski definition) is 2. The number of likely N-dealkylation sites (N-methyl/N-ethyl adjacent to an activating group) is 1. The summed E-state index contributed by atoms with van der Waals surface area (Å²) in [6, 6.07) is 17.1. The van der Waals surface area contributed by atoms with Gasteiger partial charge in [0, 0.05) is 0 Å². The normalized spacial score (nSPS) is 12.3. The van der Waals surface area contributed by atoms with E-state index in [2.05, 4.69) is 49.5 Å². The molecular weight excluding hydrogens is 246 g/mol. The van der Waals surface area contributed by atoms with Crippen LogP contribution in [0.25, 0.3) is 0 Å². The topological polar surface area (TPSA) is 21.3 Å². The molecule has 2 aromatic carbocycles. The van der Waals surface area contributed by atoms with E-state index in [9.17, 15) is 0 Å². The summed E-state index contributed by atoms with van der Waals surface area (Å²) in [4.78, 5) is 0. The fourth-order valence-electron chi connectivity index (χ4n) is 2.20. The zero-order chi connectivity index (χ0) is 14.4. The van der Waals surface area contributed by atoms with Gasteiger partial charge in [-0.1, -0.05) is 48.5 Å². The summed E-state index contributed by atoms with van der Waals surface area (Å²) in [6.07, 6.45) is 0. The van der Waals surface area contributed by atoms with Crippen molar-refractivity contribution >= 4 is 0 Å². The van der Waals surface area contributed by atoms with Gasteiger partial charge in [-0.3, -0.25) is 0 Å². The maximum atomic E-state index is 5.83. The first kappa shape index (κ1) is 14.8. The molecule has 0 aromatic heterocycles. The second-order valence-electron chi connectivity index (χ2n) is 5.19. The number of aryl methyl sites for hydroxylation is 2. The van der Waals surface area contributed by atoms with Gasteiger partial charge in [0.25, 0.3) is 0 Å². The molecule has 1 unspecified atom stereocenters. The SMILES string of the molecule is CNC(COCc1ccccc1)c1ccc(C)c(C)c1. The molecule has 0 saturated heterocycles. The van der Waals surface area contributed by atoms with Gasteiger partial charge in [-0.2, -0.15) is 0 Å². The zero-order valence-electron chi connectivity index (χ0n) is 12.5. The fourth-order valence-corrected chi connectivity index (χ4v) is 2.20. The number of hydrogen-bond donors (Lipinski definition) is 1. The Labute approximate surface area is 121 Å². The first-order valence-corrected chi connectivity index (χ1v) is 7.07. The van der Waals surface area contributed by atoms with Gasteiger partial charge in [-0.15, -0.1) is 0 Å². The Kier molecular flexibility index (Phi) is 5.33. The van der Waals surface area contributed by atoms with Crippen LogP contribution in [0.4, 0.5) is 0 Å². The second kappa shape index (κ2) is 7.22. The molecule has 0 fully saturated rings. The fraction of sp³-hybridized carbons (Fsp3) is 0.333. The predicted octanol–water partition coefficient (Wildman–Crippen LogP) is 3.78. The molecule has 0 amide bonds. The Morgan fingerprint density at radius 3 is 2.40 bits per heavy atom. The van der Waals surface area contributed by atoms with E-state index in [-0.39, 0.29) is 6.04 Å². The van der Waals surface area contributed by atoms with Gasteiger partial charge in [-0.05, 0) is 43.1 Å². The third-order valence-electron chi connectivity index (χ3n) is 3.68. The summed E-state index contributed by atoms with van der Waals surface area (Å²) in [5.74, 6) is 0. The van der Waals surface area contributed by atoms with Crippen LogP contribution in [0.5, 0.6) is 0 Å². The molecule has 0 heterocycles. The highest BCUT2D eigenvalue weighted by Gasteiger charge is 2.10. The molecule has 106 valence electrons. The number of ether oxygens (including phenoxy) is 1. The largest absolute Gasteiger partial charge is 0.375 e. The highest BCUT2D eigenvalue weighted by Crippen LogP contribution is 2.17. The van der Waals surface area contributed by atoms with Gasteiger partial charge in [-0.25, -0.2) is 0 Å². The molecule has 0 aliphatic carbocycles. The molecular formula is C18H23NO. The van der Waals surface area contributed by atoms with Crippen LogP contribution in [0.15, 0.2) is 48.5 Å². The molecule has 2 rings (SSSR count). The minimum Gasteiger partial charge on any atom is -0.375 e. The molecule has 2 aromatic rings. The highest BCUT2D eigenvalue weighted by atomic mass is 16.5. The van der Waals surface area contributed by atoms with E-state index in [1.165, 1.54) is 22.3 Å². The Morgan fingerprint density at radius 2 is 1.75 bits per heavy atom. The lowest BCUT2D eigenvalue weighted by Gasteiger charge is -2.18. The Balaban J connectivity index is 1.93. The van der Waals surface area contributed by atoms with Crippen LogP contribution >= 0.6 is 0 Å². The molecule has 0 radical (unpaired) electrons. The van der Waals surface area contributed by atoms with Crippen molar-refractivity contribution in [3.63, 3.8) is 0 Å². The van der Waals surface area contributed by atoms with Crippen LogP contribution in [0, 0.1) is 13.8 Å². The quantitative estimate of drug-likeness (QED) is 0.861. The van der Waals surface area contributed by atoms with Crippen molar-refractivity contribution in [3.8, 4) is 0 Å². The van der Waals surface area contributed by atoms with E-state index in [1.54, 1.807) is 0 Å². The predicted molar refractivity (Wildman–Crippen MR) is 83.8 cm³/mol. The molecule has 0 spiro atoms. The summed E-state index contributed by atoms with van der Waals surface area (Å²) >= 11 is 0.